The SMILES string of the molecule is COC(=O)N1C(=O)CCC(N2C(=O)c3cscc3C2=O)C1=O. The van der Waals surface area contributed by atoms with Crippen molar-refractivity contribution in [1.29, 1.82) is 0 Å². The Morgan fingerprint density at radius 3 is 2.32 bits per heavy atom. The highest BCUT2D eigenvalue weighted by Crippen LogP contribution is 2.31. The van der Waals surface area contributed by atoms with Gasteiger partial charge in [-0.25, -0.2) is 4.79 Å². The van der Waals surface area contributed by atoms with Crippen molar-refractivity contribution in [2.24, 2.45) is 0 Å². The summed E-state index contributed by atoms with van der Waals surface area (Å²) in [6.45, 7) is 0. The molecular formula is C13H10N2O6S. The number of methoxy groups -OCH3 is 1. The maximum absolute atomic E-state index is 12.3. The summed E-state index contributed by atoms with van der Waals surface area (Å²) < 4.78 is 4.40. The van der Waals surface area contributed by atoms with Gasteiger partial charge in [-0.05, 0) is 6.42 Å². The van der Waals surface area contributed by atoms with Crippen molar-refractivity contribution in [2.45, 2.75) is 18.9 Å². The fourth-order valence-electron chi connectivity index (χ4n) is 2.55. The monoisotopic (exact) mass is 322 g/mol. The van der Waals surface area contributed by atoms with Crippen molar-refractivity contribution in [2.75, 3.05) is 7.11 Å². The van der Waals surface area contributed by atoms with E-state index in [9.17, 15) is 24.0 Å². The van der Waals surface area contributed by atoms with Crippen LogP contribution >= 0.6 is 11.3 Å². The van der Waals surface area contributed by atoms with E-state index in [0.29, 0.717) is 4.90 Å². The van der Waals surface area contributed by atoms with Crippen LogP contribution in [0, 0.1) is 0 Å². The molecule has 0 bridgehead atoms. The van der Waals surface area contributed by atoms with Gasteiger partial charge >= 0.3 is 6.09 Å². The summed E-state index contributed by atoms with van der Waals surface area (Å²) in [6, 6.07) is -1.17. The number of rotatable bonds is 1. The molecule has 3 rings (SSSR count). The molecule has 1 saturated heterocycles. The number of imide groups is 4. The van der Waals surface area contributed by atoms with Crippen LogP contribution in [0.15, 0.2) is 10.8 Å². The van der Waals surface area contributed by atoms with Crippen LogP contribution in [0.25, 0.3) is 0 Å². The maximum Gasteiger partial charge on any atom is 0.423 e. The molecule has 0 aliphatic carbocycles. The van der Waals surface area contributed by atoms with Gasteiger partial charge in [0, 0.05) is 17.2 Å². The van der Waals surface area contributed by atoms with Crippen LogP contribution < -0.4 is 0 Å². The zero-order chi connectivity index (χ0) is 16.0. The second-order valence-corrected chi connectivity index (χ2v) is 5.51. The first-order chi connectivity index (χ1) is 10.5. The Morgan fingerprint density at radius 1 is 1.18 bits per heavy atom. The molecule has 9 heteroatoms. The average molecular weight is 322 g/mol. The number of hydrogen-bond donors (Lipinski definition) is 0. The summed E-state index contributed by atoms with van der Waals surface area (Å²) in [5.41, 5.74) is 0.480. The molecule has 1 fully saturated rings. The lowest BCUT2D eigenvalue weighted by Crippen LogP contribution is -2.57. The van der Waals surface area contributed by atoms with E-state index in [1.807, 2.05) is 0 Å². The average Bonchev–Trinajstić information content (AvgIpc) is 3.05. The lowest BCUT2D eigenvalue weighted by Gasteiger charge is -2.32. The number of carbonyl (C=O) groups excluding carboxylic acids is 5. The highest BCUT2D eigenvalue weighted by atomic mass is 32.1. The topological polar surface area (TPSA) is 101 Å². The summed E-state index contributed by atoms with van der Waals surface area (Å²) in [7, 11) is 1.04. The van der Waals surface area contributed by atoms with Gasteiger partial charge in [0.1, 0.15) is 6.04 Å². The third-order valence-corrected chi connectivity index (χ3v) is 4.36. The van der Waals surface area contributed by atoms with Gasteiger partial charge in [-0.2, -0.15) is 16.2 Å². The predicted octanol–water partition coefficient (Wildman–Crippen LogP) is 0.628. The fourth-order valence-corrected chi connectivity index (χ4v) is 3.35. The van der Waals surface area contributed by atoms with Gasteiger partial charge in [0.2, 0.25) is 5.91 Å². The second-order valence-electron chi connectivity index (χ2n) is 4.77. The number of carbonyl (C=O) groups is 5. The van der Waals surface area contributed by atoms with Crippen molar-refractivity contribution in [3.63, 3.8) is 0 Å². The molecule has 0 saturated carbocycles. The minimum atomic E-state index is -1.17. The molecule has 1 atom stereocenters. The molecular weight excluding hydrogens is 312 g/mol. The molecule has 0 N–H and O–H groups in total. The molecule has 0 aromatic carbocycles. The number of piperidine rings is 1. The second kappa shape index (κ2) is 5.02. The third kappa shape index (κ3) is 1.86. The first-order valence-corrected chi connectivity index (χ1v) is 7.30. The number of amides is 5. The number of ether oxygens (including phenoxy) is 1. The molecule has 0 spiro atoms. The van der Waals surface area contributed by atoms with Gasteiger partial charge in [0.15, 0.2) is 0 Å². The Bertz CT molecular complexity index is 685. The van der Waals surface area contributed by atoms with E-state index >= 15 is 0 Å². The molecule has 0 radical (unpaired) electrons. The quantitative estimate of drug-likeness (QED) is 0.703. The molecule has 8 nitrogen and oxygen atoms in total. The Kier molecular flexibility index (Phi) is 3.28. The maximum atomic E-state index is 12.3. The zero-order valence-corrected chi connectivity index (χ0v) is 12.2. The molecule has 2 aliphatic rings. The predicted molar refractivity (Wildman–Crippen MR) is 72.1 cm³/mol. The molecule has 1 aromatic heterocycles. The van der Waals surface area contributed by atoms with Crippen molar-refractivity contribution in [1.82, 2.24) is 9.80 Å². The van der Waals surface area contributed by atoms with E-state index in [-0.39, 0.29) is 24.0 Å². The fraction of sp³-hybridized carbons (Fsp3) is 0.308. The van der Waals surface area contributed by atoms with Gasteiger partial charge in [0.25, 0.3) is 17.7 Å². The Hall–Kier alpha value is -2.55. The summed E-state index contributed by atoms with van der Waals surface area (Å²) >= 11 is 1.22. The Balaban J connectivity index is 1.93. The highest BCUT2D eigenvalue weighted by molar-refractivity contribution is 7.08. The van der Waals surface area contributed by atoms with E-state index in [0.717, 1.165) is 12.0 Å². The summed E-state index contributed by atoms with van der Waals surface area (Å²) in [5, 5.41) is 3.07. The molecule has 3 heterocycles. The largest absolute Gasteiger partial charge is 0.452 e. The normalized spacial score (nSPS) is 21.4. The number of nitrogens with zero attached hydrogens (tertiary/aromatic N) is 2. The van der Waals surface area contributed by atoms with Crippen molar-refractivity contribution in [3.05, 3.63) is 21.9 Å². The summed E-state index contributed by atoms with van der Waals surface area (Å²) in [5.74, 6) is -2.79. The van der Waals surface area contributed by atoms with Crippen LogP contribution in [-0.4, -0.2) is 52.7 Å². The smallest absolute Gasteiger partial charge is 0.423 e. The number of fused-ring (bicyclic) bond motifs is 1. The summed E-state index contributed by atoms with van der Waals surface area (Å²) in [4.78, 5) is 61.3. The van der Waals surface area contributed by atoms with E-state index in [2.05, 4.69) is 4.74 Å². The standard InChI is InChI=1S/C13H10N2O6S/c1-21-13(20)15-9(16)3-2-8(12(15)19)14-10(17)6-4-22-5-7(6)11(14)18/h4-5,8H,2-3H2,1H3. The van der Waals surface area contributed by atoms with Crippen molar-refractivity contribution < 1.29 is 28.7 Å². The highest BCUT2D eigenvalue weighted by Gasteiger charge is 2.49. The number of likely N-dealkylation sites (tertiary alicyclic amines) is 1. The zero-order valence-electron chi connectivity index (χ0n) is 11.4. The van der Waals surface area contributed by atoms with Crippen LogP contribution in [0.2, 0.25) is 0 Å². The lowest BCUT2D eigenvalue weighted by molar-refractivity contribution is -0.148. The van der Waals surface area contributed by atoms with Gasteiger partial charge in [0.05, 0.1) is 18.2 Å². The van der Waals surface area contributed by atoms with Crippen LogP contribution in [-0.2, 0) is 14.3 Å². The van der Waals surface area contributed by atoms with Crippen molar-refractivity contribution >= 4 is 41.1 Å². The molecule has 5 amide bonds. The van der Waals surface area contributed by atoms with Gasteiger partial charge < -0.3 is 4.74 Å². The first-order valence-electron chi connectivity index (χ1n) is 6.36. The first kappa shape index (κ1) is 14.4. The Labute approximate surface area is 128 Å². The van der Waals surface area contributed by atoms with E-state index < -0.39 is 35.8 Å². The summed E-state index contributed by atoms with van der Waals surface area (Å²) in [6.07, 6.45) is -1.25. The molecule has 22 heavy (non-hydrogen) atoms. The third-order valence-electron chi connectivity index (χ3n) is 3.62. The Morgan fingerprint density at radius 2 is 1.77 bits per heavy atom. The minimum Gasteiger partial charge on any atom is -0.452 e. The number of thiophene rings is 1. The molecule has 1 aromatic rings. The van der Waals surface area contributed by atoms with Gasteiger partial charge in [-0.3, -0.25) is 24.1 Å². The van der Waals surface area contributed by atoms with E-state index in [1.165, 1.54) is 22.1 Å². The van der Waals surface area contributed by atoms with E-state index in [4.69, 9.17) is 0 Å². The molecule has 1 unspecified atom stereocenters. The van der Waals surface area contributed by atoms with E-state index in [1.54, 1.807) is 0 Å². The van der Waals surface area contributed by atoms with Crippen LogP contribution in [0.4, 0.5) is 4.79 Å². The lowest BCUT2D eigenvalue weighted by atomic mass is 10.0. The van der Waals surface area contributed by atoms with Crippen LogP contribution in [0.3, 0.4) is 0 Å². The van der Waals surface area contributed by atoms with Crippen molar-refractivity contribution in [3.8, 4) is 0 Å². The van der Waals surface area contributed by atoms with Gasteiger partial charge in [-0.1, -0.05) is 0 Å². The van der Waals surface area contributed by atoms with Gasteiger partial charge in [-0.15, -0.1) is 0 Å². The van der Waals surface area contributed by atoms with Crippen LogP contribution in [0.5, 0.6) is 0 Å². The molecule has 114 valence electrons. The molecule has 2 aliphatic heterocycles. The number of hydrogen-bond acceptors (Lipinski definition) is 7. The van der Waals surface area contributed by atoms with Crippen LogP contribution in [0.1, 0.15) is 33.6 Å². The minimum absolute atomic E-state index is 0.00363.